The summed E-state index contributed by atoms with van der Waals surface area (Å²) in [5.41, 5.74) is 1.23. The number of thioether (sulfide) groups is 1. The van der Waals surface area contributed by atoms with E-state index in [9.17, 15) is 0 Å². The molecule has 0 fully saturated rings. The first-order valence-corrected chi connectivity index (χ1v) is 11.0. The van der Waals surface area contributed by atoms with Gasteiger partial charge in [-0.2, -0.15) is 0 Å². The molecule has 144 valence electrons. The Hall–Kier alpha value is -2.23. The average molecular weight is 431 g/mol. The van der Waals surface area contributed by atoms with Crippen LogP contribution in [0.1, 0.15) is 22.9 Å². The van der Waals surface area contributed by atoms with Gasteiger partial charge >= 0.3 is 0 Å². The summed E-state index contributed by atoms with van der Waals surface area (Å²) in [6, 6.07) is 12.6. The van der Waals surface area contributed by atoms with Gasteiger partial charge in [-0.1, -0.05) is 47.4 Å². The third-order valence-corrected chi connectivity index (χ3v) is 6.48. The second-order valence-corrected chi connectivity index (χ2v) is 8.92. The number of aromatic nitrogens is 4. The van der Waals surface area contributed by atoms with Crippen LogP contribution in [-0.4, -0.2) is 33.3 Å². The fourth-order valence-electron chi connectivity index (χ4n) is 2.80. The highest BCUT2D eigenvalue weighted by Crippen LogP contribution is 2.27. The number of ether oxygens (including phenoxy) is 1. The van der Waals surface area contributed by atoms with Crippen molar-refractivity contribution in [3.05, 3.63) is 57.7 Å². The summed E-state index contributed by atoms with van der Waals surface area (Å²) in [6.07, 6.45) is 2.48. The molecule has 0 aliphatic carbocycles. The maximum atomic E-state index is 5.28. The average Bonchev–Trinajstić information content (AvgIpc) is 3.33. The predicted molar refractivity (Wildman–Crippen MR) is 114 cm³/mol. The van der Waals surface area contributed by atoms with Gasteiger partial charge in [0.15, 0.2) is 4.34 Å². The molecule has 2 aromatic carbocycles. The highest BCUT2D eigenvalue weighted by Gasteiger charge is 2.08. The summed E-state index contributed by atoms with van der Waals surface area (Å²) in [4.78, 5) is 0.323. The van der Waals surface area contributed by atoms with E-state index in [1.165, 1.54) is 16.3 Å². The monoisotopic (exact) mass is 430 g/mol. The minimum atomic E-state index is 0.323. The molecule has 4 rings (SSSR count). The van der Waals surface area contributed by atoms with Crippen molar-refractivity contribution in [2.75, 3.05) is 12.9 Å². The molecule has 0 amide bonds. The van der Waals surface area contributed by atoms with E-state index < -0.39 is 0 Å². The van der Waals surface area contributed by atoms with Gasteiger partial charge in [-0.25, -0.2) is 5.10 Å². The summed E-state index contributed by atoms with van der Waals surface area (Å²) in [6.45, 7) is 0. The zero-order valence-corrected chi connectivity index (χ0v) is 17.6. The number of hydrogen-bond acceptors (Lipinski definition) is 8. The number of benzene rings is 2. The molecular weight excluding hydrogens is 412 g/mol. The van der Waals surface area contributed by atoms with Crippen LogP contribution in [0.4, 0.5) is 0 Å². The molecule has 0 radical (unpaired) electrons. The number of aromatic amines is 1. The fourth-order valence-corrected chi connectivity index (χ4v) is 4.88. The van der Waals surface area contributed by atoms with Crippen LogP contribution in [0, 0.1) is 4.84 Å². The molecule has 0 bridgehead atoms. The molecule has 0 spiro atoms. The SMILES string of the molecule is COc1ccc2cc(Cc3nnc(SCCCc4n[nH]c(=S)o4)s3)ccc2c1. The molecule has 0 saturated heterocycles. The smallest absolute Gasteiger partial charge is 0.284 e. The molecule has 2 aromatic heterocycles. The lowest BCUT2D eigenvalue weighted by atomic mass is 10.1. The highest BCUT2D eigenvalue weighted by molar-refractivity contribution is 8.01. The van der Waals surface area contributed by atoms with Gasteiger partial charge in [0.25, 0.3) is 4.84 Å². The molecule has 6 nitrogen and oxygen atoms in total. The van der Waals surface area contributed by atoms with Crippen molar-refractivity contribution in [3.63, 3.8) is 0 Å². The summed E-state index contributed by atoms with van der Waals surface area (Å²) in [5, 5.41) is 18.7. The van der Waals surface area contributed by atoms with Crippen LogP contribution >= 0.6 is 35.3 Å². The van der Waals surface area contributed by atoms with Gasteiger partial charge in [0.2, 0.25) is 5.89 Å². The van der Waals surface area contributed by atoms with Crippen molar-refractivity contribution in [1.29, 1.82) is 0 Å². The van der Waals surface area contributed by atoms with E-state index in [1.807, 2.05) is 12.1 Å². The Morgan fingerprint density at radius 3 is 2.86 bits per heavy atom. The number of methoxy groups -OCH3 is 1. The van der Waals surface area contributed by atoms with Crippen molar-refractivity contribution < 1.29 is 9.15 Å². The number of fused-ring (bicyclic) bond motifs is 1. The minimum absolute atomic E-state index is 0.323. The first kappa shape index (κ1) is 19.1. The van der Waals surface area contributed by atoms with E-state index in [4.69, 9.17) is 21.4 Å². The number of aryl methyl sites for hydroxylation is 1. The van der Waals surface area contributed by atoms with Crippen LogP contribution in [0.2, 0.25) is 0 Å². The Balaban J connectivity index is 1.32. The van der Waals surface area contributed by atoms with Crippen LogP contribution < -0.4 is 4.74 Å². The van der Waals surface area contributed by atoms with Gasteiger partial charge in [0, 0.05) is 18.6 Å². The van der Waals surface area contributed by atoms with Gasteiger partial charge in [-0.3, -0.25) is 0 Å². The minimum Gasteiger partial charge on any atom is -0.497 e. The standard InChI is InChI=1S/C19H18N4O2S3/c1-24-15-7-6-13-9-12(4-5-14(13)11-15)10-17-21-23-19(28-17)27-8-2-3-16-20-22-18(26)25-16/h4-7,9,11H,2-3,8,10H2,1H3,(H,22,26). The van der Waals surface area contributed by atoms with Crippen molar-refractivity contribution in [2.24, 2.45) is 0 Å². The van der Waals surface area contributed by atoms with Crippen LogP contribution in [0.15, 0.2) is 45.2 Å². The first-order chi connectivity index (χ1) is 13.7. The van der Waals surface area contributed by atoms with Crippen molar-refractivity contribution >= 4 is 46.1 Å². The Morgan fingerprint density at radius 2 is 2.04 bits per heavy atom. The van der Waals surface area contributed by atoms with E-state index >= 15 is 0 Å². The van der Waals surface area contributed by atoms with Gasteiger partial charge in [-0.15, -0.1) is 15.3 Å². The number of nitrogens with one attached hydrogen (secondary N) is 1. The second kappa shape index (κ2) is 8.85. The number of rotatable bonds is 8. The molecule has 0 aliphatic rings. The zero-order valence-electron chi connectivity index (χ0n) is 15.2. The molecule has 0 saturated carbocycles. The molecule has 0 atom stereocenters. The van der Waals surface area contributed by atoms with Gasteiger partial charge in [-0.05, 0) is 47.1 Å². The van der Waals surface area contributed by atoms with E-state index in [1.54, 1.807) is 30.2 Å². The molecule has 0 unspecified atom stereocenters. The van der Waals surface area contributed by atoms with Gasteiger partial charge < -0.3 is 9.15 Å². The van der Waals surface area contributed by atoms with Crippen LogP contribution in [0.25, 0.3) is 10.8 Å². The molecule has 28 heavy (non-hydrogen) atoms. The third-order valence-electron chi connectivity index (χ3n) is 4.16. The van der Waals surface area contributed by atoms with E-state index in [-0.39, 0.29) is 0 Å². The summed E-state index contributed by atoms with van der Waals surface area (Å²) < 4.78 is 11.5. The summed E-state index contributed by atoms with van der Waals surface area (Å²) >= 11 is 8.23. The number of H-pyrrole nitrogens is 1. The van der Waals surface area contributed by atoms with Crippen LogP contribution in [-0.2, 0) is 12.8 Å². The Labute approximate surface area is 175 Å². The molecule has 9 heteroatoms. The van der Waals surface area contributed by atoms with E-state index in [2.05, 4.69) is 44.7 Å². The molecule has 2 heterocycles. The molecule has 1 N–H and O–H groups in total. The normalized spacial score (nSPS) is 11.2. The summed E-state index contributed by atoms with van der Waals surface area (Å²) in [7, 11) is 1.68. The lowest BCUT2D eigenvalue weighted by Gasteiger charge is -2.04. The first-order valence-electron chi connectivity index (χ1n) is 8.76. The van der Waals surface area contributed by atoms with Crippen molar-refractivity contribution in [3.8, 4) is 5.75 Å². The molecular formula is C19H18N4O2S3. The Morgan fingerprint density at radius 1 is 1.18 bits per heavy atom. The maximum absolute atomic E-state index is 5.28. The topological polar surface area (TPSA) is 76.8 Å². The van der Waals surface area contributed by atoms with Gasteiger partial charge in [0.1, 0.15) is 10.8 Å². The lowest BCUT2D eigenvalue weighted by molar-refractivity contribution is 0.415. The maximum Gasteiger partial charge on any atom is 0.284 e. The van der Waals surface area contributed by atoms with Crippen LogP contribution in [0.3, 0.4) is 0 Å². The van der Waals surface area contributed by atoms with Gasteiger partial charge in [0.05, 0.1) is 7.11 Å². The third kappa shape index (κ3) is 4.78. The number of nitrogens with zero attached hydrogens (tertiary/aromatic N) is 3. The van der Waals surface area contributed by atoms with E-state index in [0.29, 0.717) is 10.7 Å². The Kier molecular flexibility index (Phi) is 6.04. The van der Waals surface area contributed by atoms with Crippen molar-refractivity contribution in [1.82, 2.24) is 20.4 Å². The Bertz CT molecular complexity index is 1140. The largest absolute Gasteiger partial charge is 0.497 e. The zero-order chi connectivity index (χ0) is 19.3. The highest BCUT2D eigenvalue weighted by atomic mass is 32.2. The lowest BCUT2D eigenvalue weighted by Crippen LogP contribution is -1.88. The quantitative estimate of drug-likeness (QED) is 0.238. The van der Waals surface area contributed by atoms with Crippen LogP contribution in [0.5, 0.6) is 5.75 Å². The predicted octanol–water partition coefficient (Wildman–Crippen LogP) is 5.06. The second-order valence-electron chi connectivity index (χ2n) is 6.14. The molecule has 0 aliphatic heterocycles. The molecule has 4 aromatic rings. The van der Waals surface area contributed by atoms with E-state index in [0.717, 1.165) is 40.1 Å². The fraction of sp³-hybridized carbons (Fsp3) is 0.263. The van der Waals surface area contributed by atoms with Crippen molar-refractivity contribution in [2.45, 2.75) is 23.6 Å². The number of hydrogen-bond donors (Lipinski definition) is 1. The summed E-state index contributed by atoms with van der Waals surface area (Å²) in [5.74, 6) is 2.45.